The first kappa shape index (κ1) is 16.9. The van der Waals surface area contributed by atoms with Gasteiger partial charge in [0.25, 0.3) is 0 Å². The van der Waals surface area contributed by atoms with Crippen molar-refractivity contribution in [1.82, 2.24) is 4.31 Å². The van der Waals surface area contributed by atoms with Crippen LogP contribution >= 0.6 is 0 Å². The molecule has 1 rings (SSSR count). The van der Waals surface area contributed by atoms with E-state index in [1.807, 2.05) is 0 Å². The number of sulfonamides is 1. The Morgan fingerprint density at radius 2 is 1.90 bits per heavy atom. The molecule has 0 aliphatic carbocycles. The van der Waals surface area contributed by atoms with Crippen molar-refractivity contribution in [3.63, 3.8) is 0 Å². The number of benzene rings is 1. The Morgan fingerprint density at radius 3 is 2.38 bits per heavy atom. The number of nitrogen functional groups attached to an aromatic ring is 1. The molecule has 0 bridgehead atoms. The van der Waals surface area contributed by atoms with Crippen molar-refractivity contribution >= 4 is 21.7 Å². The Kier molecular flexibility index (Phi) is 5.69. The zero-order valence-electron chi connectivity index (χ0n) is 11.8. The van der Waals surface area contributed by atoms with Crippen molar-refractivity contribution in [2.45, 2.75) is 4.90 Å². The smallest absolute Gasteiger partial charge is 0.339 e. The van der Waals surface area contributed by atoms with Crippen LogP contribution in [0.5, 0.6) is 0 Å². The average Bonchev–Trinajstić information content (AvgIpc) is 2.45. The lowest BCUT2D eigenvalue weighted by molar-refractivity contribution is 0.0596. The highest BCUT2D eigenvalue weighted by Crippen LogP contribution is 2.23. The van der Waals surface area contributed by atoms with Crippen LogP contribution in [0.25, 0.3) is 0 Å². The first-order chi connectivity index (χ1) is 9.88. The summed E-state index contributed by atoms with van der Waals surface area (Å²) in [4.78, 5) is 11.6. The van der Waals surface area contributed by atoms with Crippen LogP contribution in [0.4, 0.5) is 5.69 Å². The number of carbonyl (C=O) groups is 1. The number of hydrogen-bond acceptors (Lipinski definition) is 5. The minimum absolute atomic E-state index is 0.0966. The average molecular weight is 310 g/mol. The molecule has 0 atom stereocenters. The summed E-state index contributed by atoms with van der Waals surface area (Å²) in [6, 6.07) is 3.98. The largest absolute Gasteiger partial charge is 0.465 e. The fraction of sp³-hybridized carbons (Fsp3) is 0.214. The molecule has 21 heavy (non-hydrogen) atoms. The second-order valence-electron chi connectivity index (χ2n) is 4.15. The number of carbonyl (C=O) groups excluding carboxylic acids is 1. The Morgan fingerprint density at radius 1 is 1.33 bits per heavy atom. The minimum atomic E-state index is -3.89. The second kappa shape index (κ2) is 7.05. The van der Waals surface area contributed by atoms with Crippen molar-refractivity contribution in [2.24, 2.45) is 0 Å². The quantitative estimate of drug-likeness (QED) is 0.467. The summed E-state index contributed by atoms with van der Waals surface area (Å²) in [6.07, 6.45) is 2.91. The minimum Gasteiger partial charge on any atom is -0.465 e. The summed E-state index contributed by atoms with van der Waals surface area (Å²) < 4.78 is 31.0. The molecule has 1 aromatic rings. The van der Waals surface area contributed by atoms with Gasteiger partial charge in [-0.25, -0.2) is 13.2 Å². The number of nitrogens with zero attached hydrogens (tertiary/aromatic N) is 1. The highest BCUT2D eigenvalue weighted by molar-refractivity contribution is 7.89. The highest BCUT2D eigenvalue weighted by atomic mass is 32.2. The number of nitrogens with two attached hydrogens (primary N) is 1. The molecule has 0 radical (unpaired) electrons. The standard InChI is InChI=1S/C14H18N2O4S/c1-4-8-16(9-5-2)21(18,19)13-7-6-11(15)10-12(13)14(17)20-3/h4-7,10H,1-2,8-9,15H2,3H3. The van der Waals surface area contributed by atoms with E-state index in [1.54, 1.807) is 0 Å². The van der Waals surface area contributed by atoms with Crippen molar-refractivity contribution in [2.75, 3.05) is 25.9 Å². The number of methoxy groups -OCH3 is 1. The summed E-state index contributed by atoms with van der Waals surface area (Å²) in [6.45, 7) is 7.24. The van der Waals surface area contributed by atoms with E-state index in [9.17, 15) is 13.2 Å². The van der Waals surface area contributed by atoms with E-state index in [0.717, 1.165) is 4.31 Å². The Bertz CT molecular complexity index is 643. The van der Waals surface area contributed by atoms with E-state index in [2.05, 4.69) is 17.9 Å². The van der Waals surface area contributed by atoms with Crippen LogP contribution in [0, 0.1) is 0 Å². The fourth-order valence-corrected chi connectivity index (χ4v) is 3.28. The zero-order valence-corrected chi connectivity index (χ0v) is 12.6. The van der Waals surface area contributed by atoms with Gasteiger partial charge in [-0.2, -0.15) is 4.31 Å². The van der Waals surface area contributed by atoms with Crippen LogP contribution in [-0.4, -0.2) is 38.9 Å². The van der Waals surface area contributed by atoms with Gasteiger partial charge in [0.2, 0.25) is 10.0 Å². The molecule has 0 fully saturated rings. The van der Waals surface area contributed by atoms with Gasteiger partial charge in [-0.05, 0) is 18.2 Å². The third-order valence-electron chi connectivity index (χ3n) is 2.69. The lowest BCUT2D eigenvalue weighted by Gasteiger charge is -2.20. The summed E-state index contributed by atoms with van der Waals surface area (Å²) in [5, 5.41) is 0. The van der Waals surface area contributed by atoms with Gasteiger partial charge in [0, 0.05) is 18.8 Å². The molecule has 114 valence electrons. The first-order valence-corrected chi connectivity index (χ1v) is 7.52. The summed E-state index contributed by atoms with van der Waals surface area (Å²) in [7, 11) is -2.72. The maximum Gasteiger partial charge on any atom is 0.339 e. The number of anilines is 1. The molecular formula is C14H18N2O4S. The number of ether oxygens (including phenoxy) is 1. The van der Waals surface area contributed by atoms with Crippen LogP contribution in [0.1, 0.15) is 10.4 Å². The van der Waals surface area contributed by atoms with Crippen LogP contribution in [0.2, 0.25) is 0 Å². The molecule has 0 aromatic heterocycles. The van der Waals surface area contributed by atoms with Crippen LogP contribution < -0.4 is 5.73 Å². The fourth-order valence-electron chi connectivity index (χ4n) is 1.74. The van der Waals surface area contributed by atoms with Gasteiger partial charge in [0.05, 0.1) is 17.6 Å². The van der Waals surface area contributed by atoms with Gasteiger partial charge in [0.1, 0.15) is 0 Å². The van der Waals surface area contributed by atoms with Gasteiger partial charge >= 0.3 is 5.97 Å². The molecule has 0 aliphatic rings. The van der Waals surface area contributed by atoms with E-state index in [0.29, 0.717) is 0 Å². The van der Waals surface area contributed by atoms with Crippen LogP contribution in [-0.2, 0) is 14.8 Å². The number of rotatable bonds is 7. The maximum absolute atomic E-state index is 12.6. The lowest BCUT2D eigenvalue weighted by Crippen LogP contribution is -2.32. The molecular weight excluding hydrogens is 292 g/mol. The van der Waals surface area contributed by atoms with Crippen molar-refractivity contribution in [3.05, 3.63) is 49.1 Å². The third kappa shape index (κ3) is 3.71. The highest BCUT2D eigenvalue weighted by Gasteiger charge is 2.28. The van der Waals surface area contributed by atoms with Crippen molar-refractivity contribution in [1.29, 1.82) is 0 Å². The predicted octanol–water partition coefficient (Wildman–Crippen LogP) is 1.42. The van der Waals surface area contributed by atoms with Crippen LogP contribution in [0.15, 0.2) is 48.4 Å². The van der Waals surface area contributed by atoms with Gasteiger partial charge in [-0.15, -0.1) is 13.2 Å². The third-order valence-corrected chi connectivity index (χ3v) is 4.58. The monoisotopic (exact) mass is 310 g/mol. The van der Waals surface area contributed by atoms with Crippen molar-refractivity contribution in [3.8, 4) is 0 Å². The second-order valence-corrected chi connectivity index (χ2v) is 6.05. The molecule has 6 nitrogen and oxygen atoms in total. The van der Waals surface area contributed by atoms with E-state index in [1.165, 1.54) is 37.5 Å². The van der Waals surface area contributed by atoms with E-state index >= 15 is 0 Å². The summed E-state index contributed by atoms with van der Waals surface area (Å²) in [5.41, 5.74) is 5.78. The maximum atomic E-state index is 12.6. The topological polar surface area (TPSA) is 89.7 Å². The molecule has 0 unspecified atom stereocenters. The van der Waals surface area contributed by atoms with E-state index in [4.69, 9.17) is 5.73 Å². The molecule has 0 amide bonds. The van der Waals surface area contributed by atoms with Gasteiger partial charge in [-0.1, -0.05) is 12.2 Å². The van der Waals surface area contributed by atoms with Crippen molar-refractivity contribution < 1.29 is 17.9 Å². The molecule has 1 aromatic carbocycles. The zero-order chi connectivity index (χ0) is 16.0. The van der Waals surface area contributed by atoms with Gasteiger partial charge < -0.3 is 10.5 Å². The first-order valence-electron chi connectivity index (χ1n) is 6.08. The molecule has 0 aliphatic heterocycles. The molecule has 7 heteroatoms. The predicted molar refractivity (Wildman–Crippen MR) is 81.3 cm³/mol. The van der Waals surface area contributed by atoms with E-state index < -0.39 is 16.0 Å². The van der Waals surface area contributed by atoms with E-state index in [-0.39, 0.29) is 29.2 Å². The molecule has 2 N–H and O–H groups in total. The Hall–Kier alpha value is -2.12. The van der Waals surface area contributed by atoms with Gasteiger partial charge in [-0.3, -0.25) is 0 Å². The SMILES string of the molecule is C=CCN(CC=C)S(=O)(=O)c1ccc(N)cc1C(=O)OC. The Labute approximate surface area is 124 Å². The lowest BCUT2D eigenvalue weighted by atomic mass is 10.2. The van der Waals surface area contributed by atoms with Gasteiger partial charge in [0.15, 0.2) is 0 Å². The Balaban J connectivity index is 3.45. The normalized spacial score (nSPS) is 11.1. The number of esters is 1. The molecule has 0 saturated carbocycles. The molecule has 0 saturated heterocycles. The number of hydrogen-bond donors (Lipinski definition) is 1. The molecule has 0 heterocycles. The van der Waals surface area contributed by atoms with Crippen LogP contribution in [0.3, 0.4) is 0 Å². The summed E-state index contributed by atoms with van der Waals surface area (Å²) >= 11 is 0. The molecule has 0 spiro atoms. The summed E-state index contributed by atoms with van der Waals surface area (Å²) in [5.74, 6) is -0.766.